The fraction of sp³-hybridized carbons (Fsp3) is 0.273. The molecule has 1 aliphatic rings. The molecule has 0 amide bonds. The third-order valence-electron chi connectivity index (χ3n) is 4.86. The van der Waals surface area contributed by atoms with E-state index >= 15 is 0 Å². The smallest absolute Gasteiger partial charge is 0.162 e. The van der Waals surface area contributed by atoms with Crippen LogP contribution in [0.25, 0.3) is 11.4 Å². The number of benzene rings is 2. The molecule has 2 aromatic carbocycles. The molecular formula is C22H23ClN4S. The Hall–Kier alpha value is -2.08. The maximum Gasteiger partial charge on any atom is 0.162 e. The van der Waals surface area contributed by atoms with Gasteiger partial charge in [0, 0.05) is 47.7 Å². The highest BCUT2D eigenvalue weighted by Gasteiger charge is 2.18. The summed E-state index contributed by atoms with van der Waals surface area (Å²) in [6.45, 7) is 6.14. The van der Waals surface area contributed by atoms with Crippen molar-refractivity contribution < 1.29 is 0 Å². The minimum Gasteiger partial charge on any atom is -0.354 e. The molecule has 1 aliphatic heterocycles. The Morgan fingerprint density at radius 1 is 0.893 bits per heavy atom. The summed E-state index contributed by atoms with van der Waals surface area (Å²) in [5.41, 5.74) is 2.27. The molecule has 1 fully saturated rings. The van der Waals surface area contributed by atoms with Crippen LogP contribution in [0, 0.1) is 6.92 Å². The van der Waals surface area contributed by atoms with Crippen molar-refractivity contribution in [2.75, 3.05) is 38.1 Å². The zero-order valence-corrected chi connectivity index (χ0v) is 17.7. The first-order chi connectivity index (χ1) is 13.6. The molecule has 3 aromatic rings. The number of likely N-dealkylation sites (N-methyl/N-ethyl adjacent to an activating group) is 1. The van der Waals surface area contributed by atoms with E-state index < -0.39 is 0 Å². The summed E-state index contributed by atoms with van der Waals surface area (Å²) in [4.78, 5) is 15.6. The number of hydrogen-bond acceptors (Lipinski definition) is 5. The quantitative estimate of drug-likeness (QED) is 0.564. The number of anilines is 1. The monoisotopic (exact) mass is 410 g/mol. The molecule has 1 aromatic heterocycles. The third-order valence-corrected chi connectivity index (χ3v) is 6.04. The summed E-state index contributed by atoms with van der Waals surface area (Å²) in [5, 5.41) is 1.69. The van der Waals surface area contributed by atoms with Gasteiger partial charge in [-0.05, 0) is 38.2 Å². The molecule has 0 aliphatic carbocycles. The summed E-state index contributed by atoms with van der Waals surface area (Å²) in [6.07, 6.45) is 0. The molecule has 6 heteroatoms. The lowest BCUT2D eigenvalue weighted by Gasteiger charge is -2.33. The van der Waals surface area contributed by atoms with Crippen LogP contribution in [0.15, 0.2) is 64.5 Å². The van der Waals surface area contributed by atoms with E-state index in [1.54, 1.807) is 11.8 Å². The molecule has 0 unspecified atom stereocenters. The normalized spacial score (nSPS) is 15.0. The van der Waals surface area contributed by atoms with Gasteiger partial charge < -0.3 is 9.80 Å². The Kier molecular flexibility index (Phi) is 5.85. The molecular weight excluding hydrogens is 388 g/mol. The highest BCUT2D eigenvalue weighted by Crippen LogP contribution is 2.31. The molecule has 0 radical (unpaired) electrons. The van der Waals surface area contributed by atoms with E-state index in [9.17, 15) is 0 Å². The molecule has 1 saturated heterocycles. The molecule has 0 spiro atoms. The SMILES string of the molecule is Cc1ccc(-c2nc(Sc3ccc(Cl)cc3)cc(N3CCN(C)CC3)n2)cc1. The van der Waals surface area contributed by atoms with Crippen LogP contribution >= 0.6 is 23.4 Å². The Morgan fingerprint density at radius 2 is 1.57 bits per heavy atom. The van der Waals surface area contributed by atoms with Crippen LogP contribution in [0.1, 0.15) is 5.56 Å². The fourth-order valence-electron chi connectivity index (χ4n) is 3.12. The predicted octanol–water partition coefficient (Wildman–Crippen LogP) is 5.01. The van der Waals surface area contributed by atoms with Gasteiger partial charge in [0.25, 0.3) is 0 Å². The van der Waals surface area contributed by atoms with Crippen LogP contribution < -0.4 is 4.90 Å². The van der Waals surface area contributed by atoms with Crippen LogP contribution in [0.5, 0.6) is 0 Å². The van der Waals surface area contributed by atoms with Gasteiger partial charge in [0.15, 0.2) is 5.82 Å². The lowest BCUT2D eigenvalue weighted by Crippen LogP contribution is -2.44. The standard InChI is InChI=1S/C22H23ClN4S/c1-16-3-5-17(6-4-16)22-24-20(27-13-11-26(2)12-14-27)15-21(25-22)28-19-9-7-18(23)8-10-19/h3-10,15H,11-14H2,1-2H3. The van der Waals surface area contributed by atoms with Crippen molar-refractivity contribution in [2.24, 2.45) is 0 Å². The minimum absolute atomic E-state index is 0.741. The number of halogens is 1. The molecule has 0 N–H and O–H groups in total. The topological polar surface area (TPSA) is 32.3 Å². The Bertz CT molecular complexity index is 936. The average molecular weight is 411 g/mol. The molecule has 144 valence electrons. The first-order valence-corrected chi connectivity index (χ1v) is 10.6. The molecule has 4 nitrogen and oxygen atoms in total. The van der Waals surface area contributed by atoms with Crippen molar-refractivity contribution in [3.8, 4) is 11.4 Å². The number of hydrogen-bond donors (Lipinski definition) is 0. The Morgan fingerprint density at radius 3 is 2.25 bits per heavy atom. The van der Waals surface area contributed by atoms with Gasteiger partial charge in [-0.15, -0.1) is 0 Å². The fourth-order valence-corrected chi connectivity index (χ4v) is 4.05. The van der Waals surface area contributed by atoms with Crippen molar-refractivity contribution in [3.63, 3.8) is 0 Å². The van der Waals surface area contributed by atoms with E-state index in [2.05, 4.69) is 54.1 Å². The van der Waals surface area contributed by atoms with Gasteiger partial charge in [0.1, 0.15) is 10.8 Å². The molecule has 2 heterocycles. The highest BCUT2D eigenvalue weighted by atomic mass is 35.5. The highest BCUT2D eigenvalue weighted by molar-refractivity contribution is 7.99. The number of aryl methyl sites for hydroxylation is 1. The van der Waals surface area contributed by atoms with E-state index in [4.69, 9.17) is 21.6 Å². The average Bonchev–Trinajstić information content (AvgIpc) is 2.71. The van der Waals surface area contributed by atoms with Gasteiger partial charge in [0.05, 0.1) is 0 Å². The van der Waals surface area contributed by atoms with Crippen molar-refractivity contribution in [1.82, 2.24) is 14.9 Å². The van der Waals surface area contributed by atoms with Gasteiger partial charge in [0.2, 0.25) is 0 Å². The Balaban J connectivity index is 1.69. The van der Waals surface area contributed by atoms with Gasteiger partial charge in [-0.25, -0.2) is 9.97 Å². The van der Waals surface area contributed by atoms with Crippen molar-refractivity contribution in [2.45, 2.75) is 16.8 Å². The van der Waals surface area contributed by atoms with E-state index in [-0.39, 0.29) is 0 Å². The van der Waals surface area contributed by atoms with Gasteiger partial charge >= 0.3 is 0 Å². The molecule has 4 rings (SSSR count). The van der Waals surface area contributed by atoms with E-state index in [1.807, 2.05) is 24.3 Å². The zero-order chi connectivity index (χ0) is 19.5. The number of piperazine rings is 1. The predicted molar refractivity (Wildman–Crippen MR) is 117 cm³/mol. The third kappa shape index (κ3) is 4.66. The summed E-state index contributed by atoms with van der Waals surface area (Å²) < 4.78 is 0. The maximum atomic E-state index is 6.03. The molecule has 0 saturated carbocycles. The van der Waals surface area contributed by atoms with Crippen molar-refractivity contribution >= 4 is 29.2 Å². The van der Waals surface area contributed by atoms with E-state index in [0.717, 1.165) is 58.3 Å². The number of rotatable bonds is 4. The largest absolute Gasteiger partial charge is 0.354 e. The first-order valence-electron chi connectivity index (χ1n) is 9.40. The second kappa shape index (κ2) is 8.52. The summed E-state index contributed by atoms with van der Waals surface area (Å²) in [6, 6.07) is 18.4. The maximum absolute atomic E-state index is 6.03. The van der Waals surface area contributed by atoms with Crippen LogP contribution in [0.3, 0.4) is 0 Å². The van der Waals surface area contributed by atoms with Gasteiger partial charge in [-0.3, -0.25) is 0 Å². The molecule has 0 bridgehead atoms. The molecule has 28 heavy (non-hydrogen) atoms. The van der Waals surface area contributed by atoms with Crippen LogP contribution in [-0.4, -0.2) is 48.1 Å². The van der Waals surface area contributed by atoms with Crippen LogP contribution in [-0.2, 0) is 0 Å². The van der Waals surface area contributed by atoms with E-state index in [1.165, 1.54) is 5.56 Å². The molecule has 0 atom stereocenters. The lowest BCUT2D eigenvalue weighted by atomic mass is 10.1. The second-order valence-electron chi connectivity index (χ2n) is 7.10. The first kappa shape index (κ1) is 19.2. The van der Waals surface area contributed by atoms with Crippen molar-refractivity contribution in [3.05, 3.63) is 65.2 Å². The van der Waals surface area contributed by atoms with Gasteiger partial charge in [-0.2, -0.15) is 0 Å². The zero-order valence-electron chi connectivity index (χ0n) is 16.1. The number of nitrogens with zero attached hydrogens (tertiary/aromatic N) is 4. The van der Waals surface area contributed by atoms with Crippen molar-refractivity contribution in [1.29, 1.82) is 0 Å². The second-order valence-corrected chi connectivity index (χ2v) is 8.63. The van der Waals surface area contributed by atoms with Crippen LogP contribution in [0.4, 0.5) is 5.82 Å². The minimum atomic E-state index is 0.741. The Labute approximate surface area is 175 Å². The van der Waals surface area contributed by atoms with Crippen LogP contribution in [0.2, 0.25) is 5.02 Å². The van der Waals surface area contributed by atoms with Gasteiger partial charge in [-0.1, -0.05) is 53.2 Å². The summed E-state index contributed by atoms with van der Waals surface area (Å²) >= 11 is 7.67. The summed E-state index contributed by atoms with van der Waals surface area (Å²) in [5.74, 6) is 1.77. The lowest BCUT2D eigenvalue weighted by molar-refractivity contribution is 0.312. The summed E-state index contributed by atoms with van der Waals surface area (Å²) in [7, 11) is 2.16. The van der Waals surface area contributed by atoms with E-state index in [0.29, 0.717) is 0 Å². The number of aromatic nitrogens is 2.